The van der Waals surface area contributed by atoms with Gasteiger partial charge in [0.1, 0.15) is 40.1 Å². The molecule has 1 aliphatic rings. The molecule has 4 unspecified atom stereocenters. The third-order valence-electron chi connectivity index (χ3n) is 11.4. The molecule has 44 heavy (non-hydrogen) atoms. The average Bonchev–Trinajstić information content (AvgIpc) is 2.96. The minimum absolute atomic E-state index is 0.0175. The number of aromatic hydroxyl groups is 5. The fraction of sp³-hybridized carbons (Fsp3) is 0.526. The number of benzene rings is 3. The lowest BCUT2D eigenvalue weighted by molar-refractivity contribution is -0.0330. The number of fused-ring (bicyclic) bond motifs is 1. The van der Waals surface area contributed by atoms with Gasteiger partial charge in [0.05, 0.1) is 0 Å². The van der Waals surface area contributed by atoms with Crippen LogP contribution in [-0.2, 0) is 28.3 Å². The molecule has 0 saturated heterocycles. The monoisotopic (exact) mass is 604 g/mol. The maximum atomic E-state index is 11.7. The maximum absolute atomic E-state index is 11.7. The Labute approximate surface area is 263 Å². The molecule has 6 heteroatoms. The molecule has 6 nitrogen and oxygen atoms in total. The van der Waals surface area contributed by atoms with E-state index in [1.165, 1.54) is 12.1 Å². The van der Waals surface area contributed by atoms with Crippen LogP contribution < -0.4 is 4.74 Å². The predicted molar refractivity (Wildman–Crippen MR) is 176 cm³/mol. The lowest BCUT2D eigenvalue weighted by atomic mass is 9.60. The molecule has 0 aliphatic carbocycles. The van der Waals surface area contributed by atoms with E-state index in [1.54, 1.807) is 18.2 Å². The molecule has 0 radical (unpaired) electrons. The topological polar surface area (TPSA) is 110 Å². The number of phenols is 5. The van der Waals surface area contributed by atoms with Crippen LogP contribution in [0.4, 0.5) is 0 Å². The van der Waals surface area contributed by atoms with Gasteiger partial charge in [-0.3, -0.25) is 0 Å². The van der Waals surface area contributed by atoms with Crippen molar-refractivity contribution in [1.29, 1.82) is 0 Å². The van der Waals surface area contributed by atoms with Gasteiger partial charge >= 0.3 is 0 Å². The lowest BCUT2D eigenvalue weighted by Gasteiger charge is -2.52. The normalized spacial score (nSPS) is 23.1. The highest BCUT2D eigenvalue weighted by Gasteiger charge is 2.53. The Bertz CT molecular complexity index is 1530. The summed E-state index contributed by atoms with van der Waals surface area (Å²) in [5, 5.41) is 54.4. The number of hydrogen-bond acceptors (Lipinski definition) is 6. The zero-order valence-corrected chi connectivity index (χ0v) is 28.0. The van der Waals surface area contributed by atoms with Crippen LogP contribution in [0.3, 0.4) is 0 Å². The Kier molecular flexibility index (Phi) is 8.91. The fourth-order valence-electron chi connectivity index (χ4n) is 7.56. The first-order valence-corrected chi connectivity index (χ1v) is 16.2. The van der Waals surface area contributed by atoms with Gasteiger partial charge in [-0.15, -0.1) is 0 Å². The van der Waals surface area contributed by atoms with Crippen molar-refractivity contribution < 1.29 is 30.3 Å². The first kappa shape index (κ1) is 33.4. The van der Waals surface area contributed by atoms with E-state index < -0.39 is 11.0 Å². The van der Waals surface area contributed by atoms with Gasteiger partial charge in [0.25, 0.3) is 0 Å². The van der Waals surface area contributed by atoms with Crippen molar-refractivity contribution in [2.24, 2.45) is 5.92 Å². The summed E-state index contributed by atoms with van der Waals surface area (Å²) in [6.45, 7) is 19.0. The molecule has 4 atom stereocenters. The molecule has 240 valence electrons. The quantitative estimate of drug-likeness (QED) is 0.158. The van der Waals surface area contributed by atoms with Crippen molar-refractivity contribution in [3.8, 4) is 34.5 Å². The third kappa shape index (κ3) is 5.35. The van der Waals surface area contributed by atoms with Gasteiger partial charge in [-0.25, -0.2) is 0 Å². The summed E-state index contributed by atoms with van der Waals surface area (Å²) >= 11 is 0. The zero-order chi connectivity index (χ0) is 32.8. The highest BCUT2D eigenvalue weighted by atomic mass is 16.5. The van der Waals surface area contributed by atoms with E-state index in [0.717, 1.165) is 54.4 Å². The van der Waals surface area contributed by atoms with Crippen molar-refractivity contribution in [1.82, 2.24) is 0 Å². The predicted octanol–water partition coefficient (Wildman–Crippen LogP) is 9.20. The molecule has 1 aliphatic heterocycles. The third-order valence-corrected chi connectivity index (χ3v) is 11.4. The van der Waals surface area contributed by atoms with Crippen molar-refractivity contribution in [3.05, 3.63) is 70.3 Å². The highest BCUT2D eigenvalue weighted by molar-refractivity contribution is 5.57. The molecule has 0 bridgehead atoms. The van der Waals surface area contributed by atoms with Crippen molar-refractivity contribution in [3.63, 3.8) is 0 Å². The summed E-state index contributed by atoms with van der Waals surface area (Å²) in [6.07, 6.45) is 4.54. The lowest BCUT2D eigenvalue weighted by Crippen LogP contribution is -2.51. The van der Waals surface area contributed by atoms with Gasteiger partial charge in [0.15, 0.2) is 0 Å². The minimum Gasteiger partial charge on any atom is -0.508 e. The molecule has 0 amide bonds. The molecule has 0 aromatic heterocycles. The molecular weight excluding hydrogens is 552 g/mol. The van der Waals surface area contributed by atoms with E-state index in [1.807, 2.05) is 13.0 Å². The number of phenolic OH excluding ortho intramolecular Hbond substituents is 5. The SMILES string of the molecule is CCCC(CC)(Cc1cc(C(C)(C)CC)c(O)cc1O)c1cc2c(cc1O)OC(C)(c1ccc(O)cc1O)C(C)C2(C)CC. The smallest absolute Gasteiger partial charge is 0.138 e. The second-order valence-corrected chi connectivity index (χ2v) is 14.1. The van der Waals surface area contributed by atoms with E-state index in [2.05, 4.69) is 61.5 Å². The van der Waals surface area contributed by atoms with E-state index in [9.17, 15) is 25.5 Å². The molecule has 0 saturated carbocycles. The van der Waals surface area contributed by atoms with Gasteiger partial charge in [-0.2, -0.15) is 0 Å². The van der Waals surface area contributed by atoms with Crippen LogP contribution in [0.1, 0.15) is 122 Å². The Hall–Kier alpha value is -3.54. The molecule has 3 aromatic rings. The molecular formula is C38H52O6. The summed E-state index contributed by atoms with van der Waals surface area (Å²) in [5.74, 6) is 0.735. The average molecular weight is 605 g/mol. The Morgan fingerprint density at radius 3 is 1.98 bits per heavy atom. The van der Waals surface area contributed by atoms with E-state index in [-0.39, 0.29) is 45.5 Å². The largest absolute Gasteiger partial charge is 0.508 e. The van der Waals surface area contributed by atoms with Crippen molar-refractivity contribution in [2.75, 3.05) is 0 Å². The zero-order valence-electron chi connectivity index (χ0n) is 28.0. The fourth-order valence-corrected chi connectivity index (χ4v) is 7.56. The number of rotatable bonds is 10. The van der Waals surface area contributed by atoms with Crippen LogP contribution in [0.15, 0.2) is 42.5 Å². The molecule has 0 spiro atoms. The maximum Gasteiger partial charge on any atom is 0.138 e. The summed E-state index contributed by atoms with van der Waals surface area (Å²) < 4.78 is 6.72. The van der Waals surface area contributed by atoms with Crippen molar-refractivity contribution >= 4 is 0 Å². The van der Waals surface area contributed by atoms with Crippen LogP contribution in [0.5, 0.6) is 34.5 Å². The first-order chi connectivity index (χ1) is 20.5. The summed E-state index contributed by atoms with van der Waals surface area (Å²) in [4.78, 5) is 0. The van der Waals surface area contributed by atoms with E-state index in [0.29, 0.717) is 17.7 Å². The number of ether oxygens (including phenoxy) is 1. The molecule has 0 fully saturated rings. The minimum atomic E-state index is -0.922. The van der Waals surface area contributed by atoms with Gasteiger partial charge in [-0.05, 0) is 74.3 Å². The molecule has 5 N–H and O–H groups in total. The van der Waals surface area contributed by atoms with Gasteiger partial charge in [0.2, 0.25) is 0 Å². The highest BCUT2D eigenvalue weighted by Crippen LogP contribution is 2.58. The second kappa shape index (κ2) is 11.8. The molecule has 3 aromatic carbocycles. The van der Waals surface area contributed by atoms with Crippen LogP contribution in [-0.4, -0.2) is 25.5 Å². The second-order valence-electron chi connectivity index (χ2n) is 14.1. The van der Waals surface area contributed by atoms with Crippen LogP contribution in [0.2, 0.25) is 0 Å². The Balaban J connectivity index is 1.91. The molecule has 1 heterocycles. The summed E-state index contributed by atoms with van der Waals surface area (Å²) in [5.41, 5.74) is 1.93. The first-order valence-electron chi connectivity index (χ1n) is 16.2. The van der Waals surface area contributed by atoms with Gasteiger partial charge < -0.3 is 30.3 Å². The van der Waals surface area contributed by atoms with Gasteiger partial charge in [0, 0.05) is 57.2 Å². The van der Waals surface area contributed by atoms with E-state index in [4.69, 9.17) is 4.74 Å². The Morgan fingerprint density at radius 2 is 1.41 bits per heavy atom. The Morgan fingerprint density at radius 1 is 0.750 bits per heavy atom. The summed E-state index contributed by atoms with van der Waals surface area (Å²) in [7, 11) is 0. The van der Waals surface area contributed by atoms with E-state index >= 15 is 0 Å². The van der Waals surface area contributed by atoms with Crippen LogP contribution in [0, 0.1) is 5.92 Å². The summed E-state index contributed by atoms with van der Waals surface area (Å²) in [6, 6.07) is 11.9. The van der Waals surface area contributed by atoms with Crippen molar-refractivity contribution in [2.45, 2.75) is 123 Å². The molecule has 4 rings (SSSR count). The van der Waals surface area contributed by atoms with Gasteiger partial charge in [-0.1, -0.05) is 61.8 Å². The van der Waals surface area contributed by atoms with Crippen LogP contribution in [0.25, 0.3) is 0 Å². The standard InChI is InChI=1S/C38H52O6/c1-10-16-38(13-4,22-24-17-27(35(6,7)11-2)32(42)20-30(24)40)28-19-29-34(21-33(28)43)44-37(9,23(5)36(29,8)12-3)26-15-14-25(39)18-31(26)41/h14-15,17-21,23,39-43H,10-13,16,22H2,1-9H3. The number of hydrogen-bond donors (Lipinski definition) is 5. The van der Waals surface area contributed by atoms with Crippen LogP contribution >= 0.6 is 0 Å².